The summed E-state index contributed by atoms with van der Waals surface area (Å²) >= 11 is 0. The Morgan fingerprint density at radius 1 is 1.25 bits per heavy atom. The molecule has 1 aromatic carbocycles. The minimum atomic E-state index is 0. The molecule has 0 aromatic heterocycles. The largest absolute Gasteiger partial charge is 0.294 e. The van der Waals surface area contributed by atoms with Crippen LogP contribution in [0, 0.1) is 0 Å². The standard InChI is InChI=1S/C9H7NO.HI/c11-9-5-6-10-8-4-2-1-3-7(8)9;/h1-4,6H,5H2;1H. The van der Waals surface area contributed by atoms with Gasteiger partial charge in [0.2, 0.25) is 0 Å². The minimum Gasteiger partial charge on any atom is -0.294 e. The first kappa shape index (κ1) is 9.38. The SMILES string of the molecule is I.O=C1CC=Nc2ccccc21. The second kappa shape index (κ2) is 3.80. The Hall–Kier alpha value is -0.710. The van der Waals surface area contributed by atoms with Crippen molar-refractivity contribution >= 4 is 41.7 Å². The lowest BCUT2D eigenvalue weighted by Crippen LogP contribution is -2.03. The highest BCUT2D eigenvalue weighted by molar-refractivity contribution is 14.0. The summed E-state index contributed by atoms with van der Waals surface area (Å²) in [4.78, 5) is 15.3. The number of carbonyl (C=O) groups is 1. The van der Waals surface area contributed by atoms with Crippen LogP contribution in [0.5, 0.6) is 0 Å². The van der Waals surface area contributed by atoms with Crippen LogP contribution in [0.25, 0.3) is 0 Å². The number of benzene rings is 1. The van der Waals surface area contributed by atoms with Crippen molar-refractivity contribution in [3.8, 4) is 0 Å². The zero-order valence-corrected chi connectivity index (χ0v) is 8.69. The van der Waals surface area contributed by atoms with Gasteiger partial charge in [-0.15, -0.1) is 24.0 Å². The average molecular weight is 273 g/mol. The van der Waals surface area contributed by atoms with Gasteiger partial charge in [0, 0.05) is 18.2 Å². The van der Waals surface area contributed by atoms with E-state index in [2.05, 4.69) is 4.99 Å². The fourth-order valence-corrected chi connectivity index (χ4v) is 1.16. The number of hydrogen-bond acceptors (Lipinski definition) is 2. The number of para-hydroxylation sites is 1. The van der Waals surface area contributed by atoms with E-state index in [0.29, 0.717) is 6.42 Å². The minimum absolute atomic E-state index is 0. The molecule has 12 heavy (non-hydrogen) atoms. The number of halogens is 1. The Morgan fingerprint density at radius 3 is 2.75 bits per heavy atom. The molecule has 3 heteroatoms. The molecular weight excluding hydrogens is 265 g/mol. The highest BCUT2D eigenvalue weighted by Gasteiger charge is 2.11. The molecule has 1 heterocycles. The Bertz CT molecular complexity index is 333. The molecule has 0 fully saturated rings. The second-order valence-corrected chi connectivity index (χ2v) is 2.46. The van der Waals surface area contributed by atoms with Crippen molar-refractivity contribution in [3.05, 3.63) is 29.8 Å². The van der Waals surface area contributed by atoms with Crippen LogP contribution in [0.15, 0.2) is 29.3 Å². The normalized spacial score (nSPS) is 13.5. The van der Waals surface area contributed by atoms with Crippen LogP contribution in [0.2, 0.25) is 0 Å². The molecule has 0 saturated heterocycles. The smallest absolute Gasteiger partial charge is 0.170 e. The van der Waals surface area contributed by atoms with Crippen molar-refractivity contribution in [2.24, 2.45) is 4.99 Å². The van der Waals surface area contributed by atoms with Crippen LogP contribution < -0.4 is 0 Å². The molecule has 0 atom stereocenters. The predicted octanol–water partition coefficient (Wildman–Crippen LogP) is 2.59. The number of carbonyl (C=O) groups excluding carboxylic acids is 1. The molecule has 2 rings (SSSR count). The average Bonchev–Trinajstić information content (AvgIpc) is 2.06. The molecule has 62 valence electrons. The number of Topliss-reactive ketones (excluding diaryl/α,β-unsaturated/α-hetero) is 1. The molecule has 0 radical (unpaired) electrons. The summed E-state index contributed by atoms with van der Waals surface area (Å²) in [7, 11) is 0. The summed E-state index contributed by atoms with van der Waals surface area (Å²) in [6.07, 6.45) is 2.10. The van der Waals surface area contributed by atoms with Crippen molar-refractivity contribution in [1.29, 1.82) is 0 Å². The summed E-state index contributed by atoms with van der Waals surface area (Å²) in [6.45, 7) is 0. The Kier molecular flexibility index (Phi) is 2.97. The van der Waals surface area contributed by atoms with E-state index in [9.17, 15) is 4.79 Å². The number of hydrogen-bond donors (Lipinski definition) is 0. The van der Waals surface area contributed by atoms with Crippen molar-refractivity contribution in [3.63, 3.8) is 0 Å². The maximum absolute atomic E-state index is 11.2. The van der Waals surface area contributed by atoms with E-state index in [-0.39, 0.29) is 29.8 Å². The maximum Gasteiger partial charge on any atom is 0.170 e. The summed E-state index contributed by atoms with van der Waals surface area (Å²) < 4.78 is 0. The van der Waals surface area contributed by atoms with Gasteiger partial charge < -0.3 is 0 Å². The lowest BCUT2D eigenvalue weighted by Gasteiger charge is -2.06. The van der Waals surface area contributed by atoms with Gasteiger partial charge >= 0.3 is 0 Å². The first-order valence-corrected chi connectivity index (χ1v) is 3.53. The third-order valence-electron chi connectivity index (χ3n) is 1.71. The van der Waals surface area contributed by atoms with Gasteiger partial charge in [0.15, 0.2) is 5.78 Å². The molecule has 0 unspecified atom stereocenters. The Balaban J connectivity index is 0.000000720. The van der Waals surface area contributed by atoms with Crippen LogP contribution >= 0.6 is 24.0 Å². The molecule has 1 aliphatic heterocycles. The van der Waals surface area contributed by atoms with Gasteiger partial charge in [-0.3, -0.25) is 9.79 Å². The quantitative estimate of drug-likeness (QED) is 0.668. The van der Waals surface area contributed by atoms with E-state index < -0.39 is 0 Å². The van der Waals surface area contributed by atoms with Crippen molar-refractivity contribution < 1.29 is 4.79 Å². The molecule has 0 amide bonds. The molecule has 0 bridgehead atoms. The van der Waals surface area contributed by atoms with Gasteiger partial charge in [-0.1, -0.05) is 12.1 Å². The zero-order chi connectivity index (χ0) is 7.68. The van der Waals surface area contributed by atoms with Crippen LogP contribution in [0.3, 0.4) is 0 Å². The number of nitrogens with zero attached hydrogens (tertiary/aromatic N) is 1. The fourth-order valence-electron chi connectivity index (χ4n) is 1.16. The molecule has 2 nitrogen and oxygen atoms in total. The molecule has 1 aromatic rings. The monoisotopic (exact) mass is 273 g/mol. The second-order valence-electron chi connectivity index (χ2n) is 2.46. The van der Waals surface area contributed by atoms with Crippen LogP contribution in [-0.2, 0) is 0 Å². The predicted molar refractivity (Wildman–Crippen MR) is 59.0 cm³/mol. The van der Waals surface area contributed by atoms with E-state index >= 15 is 0 Å². The van der Waals surface area contributed by atoms with E-state index in [1.54, 1.807) is 6.21 Å². The summed E-state index contributed by atoms with van der Waals surface area (Å²) in [5.74, 6) is 0.163. The summed E-state index contributed by atoms with van der Waals surface area (Å²) in [5, 5.41) is 0. The number of ketones is 1. The molecule has 0 aliphatic carbocycles. The Labute approximate surface area is 87.7 Å². The fraction of sp³-hybridized carbons (Fsp3) is 0.111. The van der Waals surface area contributed by atoms with E-state index in [0.717, 1.165) is 11.3 Å². The van der Waals surface area contributed by atoms with Gasteiger partial charge in [0.25, 0.3) is 0 Å². The van der Waals surface area contributed by atoms with Gasteiger partial charge in [-0.25, -0.2) is 0 Å². The lowest BCUT2D eigenvalue weighted by molar-refractivity contribution is 0.100. The van der Waals surface area contributed by atoms with Crippen LogP contribution in [-0.4, -0.2) is 12.0 Å². The van der Waals surface area contributed by atoms with Crippen molar-refractivity contribution in [2.45, 2.75) is 6.42 Å². The molecular formula is C9H8INO. The van der Waals surface area contributed by atoms with Crippen molar-refractivity contribution in [1.82, 2.24) is 0 Å². The highest BCUT2D eigenvalue weighted by atomic mass is 127. The van der Waals surface area contributed by atoms with Crippen LogP contribution in [0.4, 0.5) is 5.69 Å². The summed E-state index contributed by atoms with van der Waals surface area (Å²) in [5.41, 5.74) is 1.54. The van der Waals surface area contributed by atoms with Crippen LogP contribution in [0.1, 0.15) is 16.8 Å². The molecule has 1 aliphatic rings. The lowest BCUT2D eigenvalue weighted by atomic mass is 10.0. The van der Waals surface area contributed by atoms with E-state index in [1.165, 1.54) is 0 Å². The van der Waals surface area contributed by atoms with E-state index in [1.807, 2.05) is 24.3 Å². The highest BCUT2D eigenvalue weighted by Crippen LogP contribution is 2.22. The zero-order valence-electron chi connectivity index (χ0n) is 6.36. The number of aliphatic imine (C=N–C) groups is 1. The number of fused-ring (bicyclic) bond motifs is 1. The maximum atomic E-state index is 11.2. The molecule has 0 spiro atoms. The first-order chi connectivity index (χ1) is 5.38. The van der Waals surface area contributed by atoms with Crippen molar-refractivity contribution in [2.75, 3.05) is 0 Å². The summed E-state index contributed by atoms with van der Waals surface area (Å²) in [6, 6.07) is 7.41. The third-order valence-corrected chi connectivity index (χ3v) is 1.71. The Morgan fingerprint density at radius 2 is 2.00 bits per heavy atom. The van der Waals surface area contributed by atoms with Gasteiger partial charge in [0.1, 0.15) is 0 Å². The number of rotatable bonds is 0. The first-order valence-electron chi connectivity index (χ1n) is 3.53. The van der Waals surface area contributed by atoms with Gasteiger partial charge in [-0.05, 0) is 12.1 Å². The topological polar surface area (TPSA) is 29.4 Å². The van der Waals surface area contributed by atoms with Gasteiger partial charge in [-0.2, -0.15) is 0 Å². The third kappa shape index (κ3) is 1.55. The molecule has 0 saturated carbocycles. The van der Waals surface area contributed by atoms with Gasteiger partial charge in [0.05, 0.1) is 5.69 Å². The molecule has 0 N–H and O–H groups in total. The van der Waals surface area contributed by atoms with E-state index in [4.69, 9.17) is 0 Å².